The van der Waals surface area contributed by atoms with Gasteiger partial charge in [-0.25, -0.2) is 0 Å². The Balaban J connectivity index is 2.17. The number of aromatic nitrogens is 1. The van der Waals surface area contributed by atoms with E-state index in [2.05, 4.69) is 33.2 Å². The number of hydrogen-bond acceptors (Lipinski definition) is 2. The lowest BCUT2D eigenvalue weighted by Crippen LogP contribution is -2.12. The predicted octanol–water partition coefficient (Wildman–Crippen LogP) is 3.66. The van der Waals surface area contributed by atoms with Crippen molar-refractivity contribution in [2.45, 2.75) is 13.3 Å². The largest absolute Gasteiger partial charge is 0.321 e. The Bertz CT molecular complexity index is 555. The molecule has 0 radical (unpaired) electrons. The van der Waals surface area contributed by atoms with Gasteiger partial charge in [-0.05, 0) is 52.2 Å². The SMILES string of the molecule is CCc1ccc(NC(=O)c2ccncc2)c(Br)c1. The van der Waals surface area contributed by atoms with Crippen molar-refractivity contribution in [2.75, 3.05) is 5.32 Å². The van der Waals surface area contributed by atoms with Crippen LogP contribution in [0.5, 0.6) is 0 Å². The maximum absolute atomic E-state index is 12.0. The Labute approximate surface area is 114 Å². The lowest BCUT2D eigenvalue weighted by molar-refractivity contribution is 0.102. The molecule has 0 saturated carbocycles. The predicted molar refractivity (Wildman–Crippen MR) is 75.7 cm³/mol. The van der Waals surface area contributed by atoms with E-state index in [9.17, 15) is 4.79 Å². The number of amides is 1. The summed E-state index contributed by atoms with van der Waals surface area (Å²) in [6.45, 7) is 2.09. The zero-order valence-corrected chi connectivity index (χ0v) is 11.6. The highest BCUT2D eigenvalue weighted by atomic mass is 79.9. The van der Waals surface area contributed by atoms with Crippen molar-refractivity contribution in [1.82, 2.24) is 4.98 Å². The molecule has 0 aliphatic rings. The molecule has 4 heteroatoms. The molecule has 0 aliphatic heterocycles. The molecule has 0 unspecified atom stereocenters. The van der Waals surface area contributed by atoms with Gasteiger partial charge in [-0.15, -0.1) is 0 Å². The standard InChI is InChI=1S/C14H13BrN2O/c1-2-10-3-4-13(12(15)9-10)17-14(18)11-5-7-16-8-6-11/h3-9H,2H2,1H3,(H,17,18). The summed E-state index contributed by atoms with van der Waals surface area (Å²) >= 11 is 3.46. The number of pyridine rings is 1. The molecule has 1 N–H and O–H groups in total. The van der Waals surface area contributed by atoms with E-state index in [4.69, 9.17) is 0 Å². The summed E-state index contributed by atoms with van der Waals surface area (Å²) in [5, 5.41) is 2.86. The molecule has 2 aromatic rings. The van der Waals surface area contributed by atoms with Gasteiger partial charge in [-0.2, -0.15) is 0 Å². The lowest BCUT2D eigenvalue weighted by atomic mass is 10.1. The minimum absolute atomic E-state index is 0.137. The molecule has 0 saturated heterocycles. The van der Waals surface area contributed by atoms with Crippen LogP contribution in [0.2, 0.25) is 0 Å². The molecule has 3 nitrogen and oxygen atoms in total. The van der Waals surface area contributed by atoms with Crippen molar-refractivity contribution >= 4 is 27.5 Å². The molecule has 0 atom stereocenters. The number of carbonyl (C=O) groups excluding carboxylic acids is 1. The highest BCUT2D eigenvalue weighted by molar-refractivity contribution is 9.10. The van der Waals surface area contributed by atoms with Crippen LogP contribution in [0.25, 0.3) is 0 Å². The molecule has 0 aliphatic carbocycles. The van der Waals surface area contributed by atoms with Crippen LogP contribution in [0.4, 0.5) is 5.69 Å². The monoisotopic (exact) mass is 304 g/mol. The highest BCUT2D eigenvalue weighted by Gasteiger charge is 2.07. The zero-order valence-electron chi connectivity index (χ0n) is 9.98. The Hall–Kier alpha value is -1.68. The molecule has 1 aromatic carbocycles. The fraction of sp³-hybridized carbons (Fsp3) is 0.143. The number of nitrogens with one attached hydrogen (secondary N) is 1. The van der Waals surface area contributed by atoms with E-state index < -0.39 is 0 Å². The van der Waals surface area contributed by atoms with Gasteiger partial charge in [-0.3, -0.25) is 9.78 Å². The van der Waals surface area contributed by atoms with Crippen molar-refractivity contribution in [1.29, 1.82) is 0 Å². The van der Waals surface area contributed by atoms with Crippen molar-refractivity contribution in [2.24, 2.45) is 0 Å². The molecule has 92 valence electrons. The van der Waals surface area contributed by atoms with Gasteiger partial charge >= 0.3 is 0 Å². The van der Waals surface area contributed by atoms with E-state index in [0.717, 1.165) is 16.6 Å². The van der Waals surface area contributed by atoms with Crippen LogP contribution in [0.3, 0.4) is 0 Å². The number of halogens is 1. The van der Waals surface area contributed by atoms with Crippen LogP contribution < -0.4 is 5.32 Å². The summed E-state index contributed by atoms with van der Waals surface area (Å²) in [4.78, 5) is 15.8. The van der Waals surface area contributed by atoms with Crippen molar-refractivity contribution in [3.8, 4) is 0 Å². The van der Waals surface area contributed by atoms with Gasteiger partial charge in [0, 0.05) is 22.4 Å². The average molecular weight is 305 g/mol. The summed E-state index contributed by atoms with van der Waals surface area (Å²) in [6.07, 6.45) is 4.17. The first-order valence-corrected chi connectivity index (χ1v) is 6.50. The number of hydrogen-bond donors (Lipinski definition) is 1. The minimum Gasteiger partial charge on any atom is -0.321 e. The topological polar surface area (TPSA) is 42.0 Å². The van der Waals surface area contributed by atoms with Crippen molar-refractivity contribution < 1.29 is 4.79 Å². The second kappa shape index (κ2) is 5.78. The summed E-state index contributed by atoms with van der Waals surface area (Å²) < 4.78 is 0.893. The molecule has 1 amide bonds. The fourth-order valence-corrected chi connectivity index (χ4v) is 2.10. The van der Waals surface area contributed by atoms with Gasteiger partial charge < -0.3 is 5.32 Å². The smallest absolute Gasteiger partial charge is 0.255 e. The highest BCUT2D eigenvalue weighted by Crippen LogP contribution is 2.24. The third kappa shape index (κ3) is 2.96. The Morgan fingerprint density at radius 2 is 2.00 bits per heavy atom. The van der Waals surface area contributed by atoms with Gasteiger partial charge in [0.15, 0.2) is 0 Å². The van der Waals surface area contributed by atoms with Crippen LogP contribution in [0.1, 0.15) is 22.8 Å². The lowest BCUT2D eigenvalue weighted by Gasteiger charge is -2.08. The summed E-state index contributed by atoms with van der Waals surface area (Å²) in [7, 11) is 0. The average Bonchev–Trinajstić information content (AvgIpc) is 2.42. The molecule has 1 aromatic heterocycles. The number of benzene rings is 1. The molecule has 18 heavy (non-hydrogen) atoms. The van der Waals surface area contributed by atoms with E-state index in [1.54, 1.807) is 24.5 Å². The van der Waals surface area contributed by atoms with E-state index in [1.807, 2.05) is 18.2 Å². The number of carbonyl (C=O) groups is 1. The van der Waals surface area contributed by atoms with Gasteiger partial charge in [0.1, 0.15) is 0 Å². The molecule has 1 heterocycles. The quantitative estimate of drug-likeness (QED) is 0.940. The number of aryl methyl sites for hydroxylation is 1. The molecule has 0 fully saturated rings. The first-order chi connectivity index (χ1) is 8.70. The minimum atomic E-state index is -0.137. The molecular formula is C14H13BrN2O. The second-order valence-electron chi connectivity index (χ2n) is 3.86. The van der Waals surface area contributed by atoms with Gasteiger partial charge in [0.2, 0.25) is 0 Å². The van der Waals surface area contributed by atoms with E-state index in [-0.39, 0.29) is 5.91 Å². The van der Waals surface area contributed by atoms with Crippen LogP contribution in [0.15, 0.2) is 47.2 Å². The van der Waals surface area contributed by atoms with Crippen LogP contribution in [-0.2, 0) is 6.42 Å². The fourth-order valence-electron chi connectivity index (χ4n) is 1.58. The summed E-state index contributed by atoms with van der Waals surface area (Å²) in [5.74, 6) is -0.137. The molecule has 2 rings (SSSR count). The van der Waals surface area contributed by atoms with Crippen LogP contribution >= 0.6 is 15.9 Å². The molecule has 0 bridgehead atoms. The number of nitrogens with zero attached hydrogens (tertiary/aromatic N) is 1. The number of anilines is 1. The first-order valence-electron chi connectivity index (χ1n) is 5.70. The van der Waals surface area contributed by atoms with Gasteiger partial charge in [0.25, 0.3) is 5.91 Å². The van der Waals surface area contributed by atoms with Crippen molar-refractivity contribution in [3.63, 3.8) is 0 Å². The normalized spacial score (nSPS) is 10.1. The van der Waals surface area contributed by atoms with E-state index >= 15 is 0 Å². The number of rotatable bonds is 3. The summed E-state index contributed by atoms with van der Waals surface area (Å²) in [6, 6.07) is 9.30. The Morgan fingerprint density at radius 1 is 1.28 bits per heavy atom. The van der Waals surface area contributed by atoms with Crippen LogP contribution in [-0.4, -0.2) is 10.9 Å². The molecular weight excluding hydrogens is 292 g/mol. The second-order valence-corrected chi connectivity index (χ2v) is 4.71. The summed E-state index contributed by atoms with van der Waals surface area (Å²) in [5.41, 5.74) is 2.59. The van der Waals surface area contributed by atoms with E-state index in [1.165, 1.54) is 5.56 Å². The van der Waals surface area contributed by atoms with Gasteiger partial charge in [0.05, 0.1) is 5.69 Å². The van der Waals surface area contributed by atoms with Gasteiger partial charge in [-0.1, -0.05) is 13.0 Å². The molecule has 0 spiro atoms. The first kappa shape index (κ1) is 12.8. The Morgan fingerprint density at radius 3 is 2.61 bits per heavy atom. The van der Waals surface area contributed by atoms with Crippen LogP contribution in [0, 0.1) is 0 Å². The third-order valence-electron chi connectivity index (χ3n) is 2.63. The van der Waals surface area contributed by atoms with Crippen molar-refractivity contribution in [3.05, 3.63) is 58.3 Å². The zero-order chi connectivity index (χ0) is 13.0. The Kier molecular flexibility index (Phi) is 4.10. The van der Waals surface area contributed by atoms with E-state index in [0.29, 0.717) is 5.56 Å². The maximum atomic E-state index is 12.0. The third-order valence-corrected chi connectivity index (χ3v) is 3.29. The maximum Gasteiger partial charge on any atom is 0.255 e.